The fourth-order valence-electron chi connectivity index (χ4n) is 2.07. The van der Waals surface area contributed by atoms with Crippen LogP contribution in [-0.4, -0.2) is 17.8 Å². The third kappa shape index (κ3) is 4.72. The number of nitrogens with one attached hydrogen (secondary N) is 1. The van der Waals surface area contributed by atoms with Crippen LogP contribution in [0, 0.1) is 13.8 Å². The maximum atomic E-state index is 3.59. The molecular weight excluding hydrogens is 226 g/mol. The van der Waals surface area contributed by atoms with Gasteiger partial charge in [0.15, 0.2) is 0 Å². The summed E-state index contributed by atoms with van der Waals surface area (Å²) in [4.78, 5) is 0. The van der Waals surface area contributed by atoms with E-state index in [-0.39, 0.29) is 0 Å². The molecule has 94 valence electrons. The third-order valence-electron chi connectivity index (χ3n) is 3.09. The second kappa shape index (κ2) is 5.92. The molecule has 0 spiro atoms. The van der Waals surface area contributed by atoms with Crippen molar-refractivity contribution in [3.05, 3.63) is 34.9 Å². The van der Waals surface area contributed by atoms with Crippen LogP contribution in [0.15, 0.2) is 18.2 Å². The summed E-state index contributed by atoms with van der Waals surface area (Å²) in [6.07, 6.45) is 2.77. The summed E-state index contributed by atoms with van der Waals surface area (Å²) >= 11 is 2.05. The zero-order valence-corrected chi connectivity index (χ0v) is 11.9. The van der Waals surface area contributed by atoms with Crippen LogP contribution in [0.2, 0.25) is 0 Å². The highest BCUT2D eigenvalue weighted by molar-refractivity contribution is 7.99. The lowest BCUT2D eigenvalue weighted by Gasteiger charge is -2.12. The molecule has 0 heterocycles. The number of aryl methyl sites for hydroxylation is 2. The zero-order valence-electron chi connectivity index (χ0n) is 11.1. The van der Waals surface area contributed by atoms with Gasteiger partial charge in [-0.25, -0.2) is 0 Å². The first kappa shape index (κ1) is 13.0. The van der Waals surface area contributed by atoms with Gasteiger partial charge in [0.2, 0.25) is 0 Å². The monoisotopic (exact) mass is 249 g/mol. The summed E-state index contributed by atoms with van der Waals surface area (Å²) in [6, 6.07) is 7.69. The van der Waals surface area contributed by atoms with Gasteiger partial charge < -0.3 is 5.32 Å². The predicted octanol–water partition coefficient (Wildman–Crippen LogP) is 3.68. The first-order valence-electron chi connectivity index (χ1n) is 6.55. The van der Waals surface area contributed by atoms with Crippen LogP contribution in [0.4, 0.5) is 0 Å². The molecule has 0 radical (unpaired) electrons. The summed E-state index contributed by atoms with van der Waals surface area (Å²) in [5.74, 6) is 1.13. The van der Waals surface area contributed by atoms with Gasteiger partial charge in [0.05, 0.1) is 0 Å². The van der Waals surface area contributed by atoms with Crippen molar-refractivity contribution in [1.29, 1.82) is 0 Å². The topological polar surface area (TPSA) is 12.0 Å². The first-order valence-corrected chi connectivity index (χ1v) is 7.60. The molecule has 1 aliphatic rings. The quantitative estimate of drug-likeness (QED) is 0.825. The Morgan fingerprint density at radius 1 is 1.24 bits per heavy atom. The molecule has 1 aliphatic carbocycles. The lowest BCUT2D eigenvalue weighted by atomic mass is 10.1. The largest absolute Gasteiger partial charge is 0.313 e. The maximum Gasteiger partial charge on any atom is 0.0187 e. The second-order valence-electron chi connectivity index (χ2n) is 5.30. The zero-order chi connectivity index (χ0) is 12.3. The highest BCUT2D eigenvalue weighted by atomic mass is 32.2. The molecule has 17 heavy (non-hydrogen) atoms. The lowest BCUT2D eigenvalue weighted by Crippen LogP contribution is -2.24. The molecular formula is C15H23NS. The summed E-state index contributed by atoms with van der Waals surface area (Å²) < 4.78 is 0. The molecule has 0 bridgehead atoms. The SMILES string of the molecule is Cc1cc(C)cc(CSC(C)CNC2CC2)c1. The average molecular weight is 249 g/mol. The van der Waals surface area contributed by atoms with Crippen molar-refractivity contribution in [3.8, 4) is 0 Å². The van der Waals surface area contributed by atoms with Crippen molar-refractivity contribution >= 4 is 11.8 Å². The number of rotatable bonds is 6. The van der Waals surface area contributed by atoms with Gasteiger partial charge in [-0.15, -0.1) is 0 Å². The van der Waals surface area contributed by atoms with Crippen molar-refractivity contribution in [3.63, 3.8) is 0 Å². The van der Waals surface area contributed by atoms with Gasteiger partial charge in [0.25, 0.3) is 0 Å². The van der Waals surface area contributed by atoms with Gasteiger partial charge in [-0.05, 0) is 32.3 Å². The van der Waals surface area contributed by atoms with Gasteiger partial charge in [-0.3, -0.25) is 0 Å². The van der Waals surface area contributed by atoms with E-state index in [1.165, 1.54) is 29.5 Å². The van der Waals surface area contributed by atoms with Crippen LogP contribution in [0.5, 0.6) is 0 Å². The molecule has 2 rings (SSSR count). The van der Waals surface area contributed by atoms with Crippen LogP contribution < -0.4 is 5.32 Å². The first-order chi connectivity index (χ1) is 8.13. The fourth-order valence-corrected chi connectivity index (χ4v) is 2.93. The number of thioether (sulfide) groups is 1. The molecule has 1 unspecified atom stereocenters. The highest BCUT2D eigenvalue weighted by Gasteiger charge is 2.20. The molecule has 1 aromatic rings. The minimum absolute atomic E-state index is 0.705. The van der Waals surface area contributed by atoms with E-state index in [1.54, 1.807) is 0 Å². The molecule has 1 N–H and O–H groups in total. The Hall–Kier alpha value is -0.470. The van der Waals surface area contributed by atoms with Gasteiger partial charge in [-0.1, -0.05) is 36.2 Å². The van der Waals surface area contributed by atoms with Crippen LogP contribution in [0.3, 0.4) is 0 Å². The van der Waals surface area contributed by atoms with Crippen molar-refractivity contribution < 1.29 is 0 Å². The Labute approximate surface area is 109 Å². The number of hydrogen-bond donors (Lipinski definition) is 1. The normalized spacial score (nSPS) is 17.1. The molecule has 1 fully saturated rings. The van der Waals surface area contributed by atoms with Gasteiger partial charge >= 0.3 is 0 Å². The molecule has 0 aromatic heterocycles. The maximum absolute atomic E-state index is 3.59. The molecule has 0 amide bonds. The Kier molecular flexibility index (Phi) is 4.52. The summed E-state index contributed by atoms with van der Waals surface area (Å²) in [7, 11) is 0. The Morgan fingerprint density at radius 2 is 1.88 bits per heavy atom. The minimum atomic E-state index is 0.705. The second-order valence-corrected chi connectivity index (χ2v) is 6.73. The third-order valence-corrected chi connectivity index (χ3v) is 4.32. The highest BCUT2D eigenvalue weighted by Crippen LogP contribution is 2.22. The van der Waals surface area contributed by atoms with Gasteiger partial charge in [-0.2, -0.15) is 11.8 Å². The van der Waals surface area contributed by atoms with Gasteiger partial charge in [0.1, 0.15) is 0 Å². The predicted molar refractivity (Wildman–Crippen MR) is 77.7 cm³/mol. The minimum Gasteiger partial charge on any atom is -0.313 e. The fraction of sp³-hybridized carbons (Fsp3) is 0.600. The smallest absolute Gasteiger partial charge is 0.0187 e. The number of benzene rings is 1. The molecule has 1 saturated carbocycles. The van der Waals surface area contributed by atoms with E-state index in [2.05, 4.69) is 56.0 Å². The van der Waals surface area contributed by atoms with Crippen molar-refractivity contribution in [2.24, 2.45) is 0 Å². The molecule has 1 atom stereocenters. The average Bonchev–Trinajstić information content (AvgIpc) is 3.06. The van der Waals surface area contributed by atoms with Gasteiger partial charge in [0, 0.05) is 23.6 Å². The van der Waals surface area contributed by atoms with E-state index in [9.17, 15) is 0 Å². The van der Waals surface area contributed by atoms with Crippen LogP contribution in [-0.2, 0) is 5.75 Å². The Balaban J connectivity index is 1.75. The van der Waals surface area contributed by atoms with E-state index >= 15 is 0 Å². The standard InChI is InChI=1S/C15H23NS/c1-11-6-12(2)8-14(7-11)10-17-13(3)9-16-15-4-5-15/h6-8,13,15-16H,4-5,9-10H2,1-3H3. The van der Waals surface area contributed by atoms with E-state index in [1.807, 2.05) is 0 Å². The van der Waals surface area contributed by atoms with Crippen molar-refractivity contribution in [1.82, 2.24) is 5.32 Å². The molecule has 0 aliphatic heterocycles. The van der Waals surface area contributed by atoms with Crippen LogP contribution in [0.1, 0.15) is 36.5 Å². The van der Waals surface area contributed by atoms with Crippen molar-refractivity contribution in [2.75, 3.05) is 6.54 Å². The summed E-state index contributed by atoms with van der Waals surface area (Å²) in [5, 5.41) is 4.30. The summed E-state index contributed by atoms with van der Waals surface area (Å²) in [5.41, 5.74) is 4.22. The van der Waals surface area contributed by atoms with Crippen LogP contribution in [0.25, 0.3) is 0 Å². The molecule has 1 nitrogen and oxygen atoms in total. The van der Waals surface area contributed by atoms with E-state index < -0.39 is 0 Å². The molecule has 1 aromatic carbocycles. The van der Waals surface area contributed by atoms with E-state index in [4.69, 9.17) is 0 Å². The molecule has 0 saturated heterocycles. The molecule has 2 heteroatoms. The summed E-state index contributed by atoms with van der Waals surface area (Å²) in [6.45, 7) is 7.83. The van der Waals surface area contributed by atoms with E-state index in [0.29, 0.717) is 5.25 Å². The number of hydrogen-bond acceptors (Lipinski definition) is 2. The Bertz CT molecular complexity index is 351. The van der Waals surface area contributed by atoms with Crippen molar-refractivity contribution in [2.45, 2.75) is 50.7 Å². The lowest BCUT2D eigenvalue weighted by molar-refractivity contribution is 0.679. The Morgan fingerprint density at radius 3 is 2.47 bits per heavy atom. The van der Waals surface area contributed by atoms with Crippen LogP contribution >= 0.6 is 11.8 Å². The van der Waals surface area contributed by atoms with E-state index in [0.717, 1.165) is 18.3 Å².